The van der Waals surface area contributed by atoms with E-state index in [1.165, 1.54) is 17.2 Å². The highest BCUT2D eigenvalue weighted by atomic mass is 32.2. The molecule has 5 heteroatoms. The first-order valence-electron chi connectivity index (χ1n) is 10.7. The largest absolute Gasteiger partial charge is 0.295 e. The van der Waals surface area contributed by atoms with Gasteiger partial charge in [-0.3, -0.25) is 4.55 Å². The van der Waals surface area contributed by atoms with Gasteiger partial charge in [0.2, 0.25) is 0 Å². The normalized spacial score (nSPS) is 13.2. The lowest BCUT2D eigenvalue weighted by Gasteiger charge is -2.30. The molecule has 0 fully saturated rings. The van der Waals surface area contributed by atoms with Gasteiger partial charge in [-0.1, -0.05) is 101 Å². The Morgan fingerprint density at radius 2 is 1.35 bits per heavy atom. The van der Waals surface area contributed by atoms with E-state index in [-0.39, 0.29) is 10.3 Å². The minimum atomic E-state index is -4.36. The van der Waals surface area contributed by atoms with Gasteiger partial charge >= 0.3 is 0 Å². The second-order valence-corrected chi connectivity index (χ2v) is 12.3. The van der Waals surface area contributed by atoms with E-state index in [0.717, 1.165) is 29.9 Å². The lowest BCUT2D eigenvalue weighted by atomic mass is 9.87. The predicted octanol–water partition coefficient (Wildman–Crippen LogP) is 5.33. The zero-order valence-corrected chi connectivity index (χ0v) is 20.4. The first-order valence-corrected chi connectivity index (χ1v) is 13.5. The van der Waals surface area contributed by atoms with E-state index in [1.54, 1.807) is 6.07 Å². The first-order chi connectivity index (χ1) is 14.6. The molecule has 0 saturated heterocycles. The Morgan fingerprint density at radius 1 is 0.806 bits per heavy atom. The fourth-order valence-electron chi connectivity index (χ4n) is 3.86. The third-order valence-corrected chi connectivity index (χ3v) is 9.09. The maximum absolute atomic E-state index is 12.3. The summed E-state index contributed by atoms with van der Waals surface area (Å²) in [5.74, 6) is 0. The molecule has 3 rings (SSSR count). The Kier molecular flexibility index (Phi) is 7.36. The second-order valence-electron chi connectivity index (χ2n) is 8.78. The van der Waals surface area contributed by atoms with Gasteiger partial charge in [0.15, 0.2) is 0 Å². The highest BCUT2D eigenvalue weighted by Gasteiger charge is 2.30. The van der Waals surface area contributed by atoms with Gasteiger partial charge in [-0.05, 0) is 54.0 Å². The van der Waals surface area contributed by atoms with Crippen LogP contribution in [0.5, 0.6) is 0 Å². The van der Waals surface area contributed by atoms with E-state index in [2.05, 4.69) is 52.0 Å². The van der Waals surface area contributed by atoms with E-state index < -0.39 is 18.0 Å². The molecule has 164 valence electrons. The SMILES string of the molecule is CCCCc1ccccc1P(c1ccccc1C(C)(C)C)c1ccccc1S(=O)(=O)O. The molecule has 0 spiro atoms. The van der Waals surface area contributed by atoms with Crippen LogP contribution in [0.2, 0.25) is 0 Å². The lowest BCUT2D eigenvalue weighted by molar-refractivity contribution is 0.484. The molecule has 0 aliphatic rings. The summed E-state index contributed by atoms with van der Waals surface area (Å²) in [4.78, 5) is -0.00452. The average Bonchev–Trinajstić information content (AvgIpc) is 2.72. The molecule has 0 radical (unpaired) electrons. The van der Waals surface area contributed by atoms with Crippen molar-refractivity contribution < 1.29 is 13.0 Å². The zero-order chi connectivity index (χ0) is 22.6. The van der Waals surface area contributed by atoms with Crippen LogP contribution in [0.1, 0.15) is 51.7 Å². The summed E-state index contributed by atoms with van der Waals surface area (Å²) in [5, 5.41) is 2.95. The summed E-state index contributed by atoms with van der Waals surface area (Å²) in [7, 11) is -5.55. The fourth-order valence-corrected chi connectivity index (χ4v) is 7.97. The zero-order valence-electron chi connectivity index (χ0n) is 18.7. The van der Waals surface area contributed by atoms with Crippen molar-refractivity contribution in [3.8, 4) is 0 Å². The summed E-state index contributed by atoms with van der Waals surface area (Å²) >= 11 is 0. The van der Waals surface area contributed by atoms with E-state index >= 15 is 0 Å². The van der Waals surface area contributed by atoms with Crippen molar-refractivity contribution >= 4 is 34.0 Å². The van der Waals surface area contributed by atoms with Gasteiger partial charge in [0, 0.05) is 5.30 Å². The molecule has 1 unspecified atom stereocenters. The highest BCUT2D eigenvalue weighted by Crippen LogP contribution is 2.40. The Labute approximate surface area is 188 Å². The van der Waals surface area contributed by atoms with Crippen molar-refractivity contribution in [2.45, 2.75) is 57.3 Å². The van der Waals surface area contributed by atoms with Crippen molar-refractivity contribution in [3.63, 3.8) is 0 Å². The molecular weight excluding hydrogens is 423 g/mol. The van der Waals surface area contributed by atoms with Gasteiger partial charge in [-0.2, -0.15) is 8.42 Å². The van der Waals surface area contributed by atoms with Crippen molar-refractivity contribution in [1.82, 2.24) is 0 Å². The number of aryl methyl sites for hydroxylation is 1. The molecule has 1 atom stereocenters. The third-order valence-electron chi connectivity index (χ3n) is 5.37. The van der Waals surface area contributed by atoms with Gasteiger partial charge in [0.05, 0.1) is 0 Å². The molecule has 0 saturated carbocycles. The molecule has 0 aliphatic carbocycles. The average molecular weight is 455 g/mol. The molecule has 0 aliphatic heterocycles. The van der Waals surface area contributed by atoms with Crippen LogP contribution in [0.15, 0.2) is 77.7 Å². The standard InChI is InChI=1S/C26H31O3PS/c1-5-6-13-20-14-7-9-16-22(20)30(23-17-10-8-15-21(23)26(2,3)4)24-18-11-12-19-25(24)31(27,28)29/h7-12,14-19H,5-6,13H2,1-4H3,(H,27,28,29). The van der Waals surface area contributed by atoms with Crippen LogP contribution in [0.4, 0.5) is 0 Å². The van der Waals surface area contributed by atoms with Crippen LogP contribution in [0.25, 0.3) is 0 Å². The van der Waals surface area contributed by atoms with Crippen molar-refractivity contribution in [3.05, 3.63) is 83.9 Å². The molecule has 0 aromatic heterocycles. The van der Waals surface area contributed by atoms with E-state index in [9.17, 15) is 13.0 Å². The minimum absolute atomic E-state index is 0.00452. The van der Waals surface area contributed by atoms with Gasteiger partial charge < -0.3 is 0 Å². The lowest BCUT2D eigenvalue weighted by Crippen LogP contribution is -2.31. The molecule has 3 aromatic carbocycles. The molecule has 3 aromatic rings. The third kappa shape index (κ3) is 5.44. The maximum atomic E-state index is 12.3. The Bertz CT molecular complexity index is 1150. The first kappa shape index (κ1) is 23.7. The fraction of sp³-hybridized carbons (Fsp3) is 0.308. The summed E-state index contributed by atoms with van der Waals surface area (Å²) in [6.07, 6.45) is 3.10. The Morgan fingerprint density at radius 3 is 1.97 bits per heavy atom. The van der Waals surface area contributed by atoms with Crippen LogP contribution in [-0.4, -0.2) is 13.0 Å². The molecule has 0 amide bonds. The minimum Gasteiger partial charge on any atom is -0.282 e. The van der Waals surface area contributed by atoms with Crippen LogP contribution >= 0.6 is 7.92 Å². The second kappa shape index (κ2) is 9.65. The van der Waals surface area contributed by atoms with Gasteiger partial charge in [-0.15, -0.1) is 0 Å². The molecule has 31 heavy (non-hydrogen) atoms. The van der Waals surface area contributed by atoms with Gasteiger partial charge in [0.1, 0.15) is 4.90 Å². The van der Waals surface area contributed by atoms with Crippen LogP contribution in [-0.2, 0) is 22.0 Å². The number of hydrogen-bond acceptors (Lipinski definition) is 2. The number of benzene rings is 3. The van der Waals surface area contributed by atoms with Gasteiger partial charge in [0.25, 0.3) is 10.1 Å². The van der Waals surface area contributed by atoms with E-state index in [4.69, 9.17) is 0 Å². The highest BCUT2D eigenvalue weighted by molar-refractivity contribution is 7.88. The summed E-state index contributed by atoms with van der Waals surface area (Å²) in [5.41, 5.74) is 2.32. The Hall–Kier alpha value is -2.00. The molecule has 3 nitrogen and oxygen atoms in total. The summed E-state index contributed by atoms with van der Waals surface area (Å²) in [6.45, 7) is 8.71. The predicted molar refractivity (Wildman–Crippen MR) is 132 cm³/mol. The van der Waals surface area contributed by atoms with Crippen molar-refractivity contribution in [2.24, 2.45) is 0 Å². The molecule has 1 N–H and O–H groups in total. The van der Waals surface area contributed by atoms with Crippen LogP contribution in [0.3, 0.4) is 0 Å². The molecular formula is C26H31O3PS. The van der Waals surface area contributed by atoms with Crippen molar-refractivity contribution in [2.75, 3.05) is 0 Å². The quantitative estimate of drug-likeness (QED) is 0.388. The van der Waals surface area contributed by atoms with E-state index in [1.807, 2.05) is 36.4 Å². The molecule has 0 bridgehead atoms. The van der Waals surface area contributed by atoms with Gasteiger partial charge in [-0.25, -0.2) is 0 Å². The maximum Gasteiger partial charge on any atom is 0.295 e. The molecule has 0 heterocycles. The number of rotatable bonds is 7. The monoisotopic (exact) mass is 454 g/mol. The van der Waals surface area contributed by atoms with E-state index in [0.29, 0.717) is 5.30 Å². The Balaban J connectivity index is 2.38. The van der Waals surface area contributed by atoms with Crippen molar-refractivity contribution in [1.29, 1.82) is 0 Å². The topological polar surface area (TPSA) is 54.4 Å². The van der Waals surface area contributed by atoms with Crippen LogP contribution in [0, 0.1) is 0 Å². The number of hydrogen-bond donors (Lipinski definition) is 1. The smallest absolute Gasteiger partial charge is 0.282 e. The number of unbranched alkanes of at least 4 members (excludes halogenated alkanes) is 1. The van der Waals surface area contributed by atoms with Crippen LogP contribution < -0.4 is 15.9 Å². The summed E-state index contributed by atoms with van der Waals surface area (Å²) < 4.78 is 34.7. The summed E-state index contributed by atoms with van der Waals surface area (Å²) in [6, 6.07) is 23.5.